The number of nitrogens with two attached hydrogens (primary N) is 1. The average Bonchev–Trinajstić information content (AvgIpc) is 2.33. The van der Waals surface area contributed by atoms with E-state index in [2.05, 4.69) is 5.32 Å². The largest absolute Gasteiger partial charge is 0.491 e. The van der Waals surface area contributed by atoms with Crippen molar-refractivity contribution in [2.24, 2.45) is 5.73 Å². The Morgan fingerprint density at radius 2 is 2.00 bits per heavy atom. The van der Waals surface area contributed by atoms with Gasteiger partial charge in [-0.1, -0.05) is 18.2 Å². The van der Waals surface area contributed by atoms with E-state index in [4.69, 9.17) is 15.2 Å². The number of rotatable bonds is 5. The lowest BCUT2D eigenvalue weighted by Crippen LogP contribution is -2.34. The van der Waals surface area contributed by atoms with Gasteiger partial charge in [0.05, 0.1) is 6.54 Å². The van der Waals surface area contributed by atoms with Crippen LogP contribution in [0.2, 0.25) is 0 Å². The van der Waals surface area contributed by atoms with Gasteiger partial charge in [-0.25, -0.2) is 4.79 Å². The Morgan fingerprint density at radius 3 is 2.63 bits per heavy atom. The summed E-state index contributed by atoms with van der Waals surface area (Å²) in [4.78, 5) is 11.4. The van der Waals surface area contributed by atoms with Crippen LogP contribution in [-0.2, 0) is 11.3 Å². The highest BCUT2D eigenvalue weighted by Crippen LogP contribution is 2.16. The van der Waals surface area contributed by atoms with E-state index in [1.165, 1.54) is 0 Å². The summed E-state index contributed by atoms with van der Waals surface area (Å²) in [6.45, 7) is 6.64. The highest BCUT2D eigenvalue weighted by molar-refractivity contribution is 5.67. The lowest BCUT2D eigenvalue weighted by Gasteiger charge is -2.19. The van der Waals surface area contributed by atoms with Crippen LogP contribution in [0.4, 0.5) is 4.79 Å². The van der Waals surface area contributed by atoms with Crippen LogP contribution < -0.4 is 15.8 Å². The van der Waals surface area contributed by atoms with Crippen molar-refractivity contribution in [3.63, 3.8) is 0 Å². The standard InChI is InChI=1S/C14H22N2O3/c1-14(2,3)19-13(17)16-8-9-18-12-7-5-4-6-11(12)10-15/h4-7H,8-10,15H2,1-3H3,(H,16,17). The molecule has 0 saturated heterocycles. The summed E-state index contributed by atoms with van der Waals surface area (Å²) in [6.07, 6.45) is -0.441. The maximum atomic E-state index is 11.4. The van der Waals surface area contributed by atoms with Crippen LogP contribution in [0.1, 0.15) is 26.3 Å². The number of alkyl carbamates (subject to hydrolysis) is 1. The molecule has 1 rings (SSSR count). The third kappa shape index (κ3) is 6.10. The first-order chi connectivity index (χ1) is 8.92. The third-order valence-electron chi connectivity index (χ3n) is 2.22. The van der Waals surface area contributed by atoms with Gasteiger partial charge in [0.25, 0.3) is 0 Å². The number of nitrogens with one attached hydrogen (secondary N) is 1. The summed E-state index contributed by atoms with van der Waals surface area (Å²) < 4.78 is 10.7. The first kappa shape index (κ1) is 15.3. The monoisotopic (exact) mass is 266 g/mol. The number of carbonyl (C=O) groups is 1. The zero-order valence-corrected chi connectivity index (χ0v) is 11.7. The Labute approximate surface area is 114 Å². The van der Waals surface area contributed by atoms with E-state index in [0.717, 1.165) is 11.3 Å². The minimum atomic E-state index is -0.489. The molecule has 1 amide bonds. The molecule has 0 unspecified atom stereocenters. The lowest BCUT2D eigenvalue weighted by atomic mass is 10.2. The maximum absolute atomic E-state index is 11.4. The molecule has 0 aliphatic rings. The van der Waals surface area contributed by atoms with Crippen molar-refractivity contribution in [1.29, 1.82) is 0 Å². The topological polar surface area (TPSA) is 73.6 Å². The number of amides is 1. The highest BCUT2D eigenvalue weighted by atomic mass is 16.6. The van der Waals surface area contributed by atoms with E-state index in [0.29, 0.717) is 19.7 Å². The summed E-state index contributed by atoms with van der Waals surface area (Å²) in [5.74, 6) is 0.746. The van der Waals surface area contributed by atoms with Gasteiger partial charge in [0, 0.05) is 12.1 Å². The molecule has 0 radical (unpaired) electrons. The second-order valence-electron chi connectivity index (χ2n) is 5.09. The van der Waals surface area contributed by atoms with E-state index in [9.17, 15) is 4.79 Å². The van der Waals surface area contributed by atoms with E-state index in [1.807, 2.05) is 45.0 Å². The van der Waals surface area contributed by atoms with Crippen molar-refractivity contribution < 1.29 is 14.3 Å². The minimum absolute atomic E-state index is 0.371. The molecule has 1 aromatic rings. The lowest BCUT2D eigenvalue weighted by molar-refractivity contribution is 0.0520. The molecular formula is C14H22N2O3. The number of hydrogen-bond acceptors (Lipinski definition) is 4. The molecular weight excluding hydrogens is 244 g/mol. The molecule has 0 fully saturated rings. The second kappa shape index (κ2) is 6.99. The molecule has 0 heterocycles. The second-order valence-corrected chi connectivity index (χ2v) is 5.09. The zero-order valence-electron chi connectivity index (χ0n) is 11.7. The molecule has 5 heteroatoms. The van der Waals surface area contributed by atoms with Crippen LogP contribution in [0.25, 0.3) is 0 Å². The summed E-state index contributed by atoms with van der Waals surface area (Å²) in [7, 11) is 0. The van der Waals surface area contributed by atoms with Crippen LogP contribution in [-0.4, -0.2) is 24.8 Å². The Morgan fingerprint density at radius 1 is 1.32 bits per heavy atom. The smallest absolute Gasteiger partial charge is 0.407 e. The number of benzene rings is 1. The molecule has 0 aliphatic heterocycles. The maximum Gasteiger partial charge on any atom is 0.407 e. The van der Waals surface area contributed by atoms with Crippen LogP contribution in [0.5, 0.6) is 5.75 Å². The predicted molar refractivity (Wildman–Crippen MR) is 74.1 cm³/mol. The zero-order chi connectivity index (χ0) is 14.3. The molecule has 0 saturated carbocycles. The molecule has 0 spiro atoms. The fourth-order valence-corrected chi connectivity index (χ4v) is 1.44. The van der Waals surface area contributed by atoms with Crippen LogP contribution in [0.3, 0.4) is 0 Å². The van der Waals surface area contributed by atoms with Gasteiger partial charge in [-0.05, 0) is 26.8 Å². The molecule has 5 nitrogen and oxygen atoms in total. The highest BCUT2D eigenvalue weighted by Gasteiger charge is 2.15. The Hall–Kier alpha value is -1.75. The van der Waals surface area contributed by atoms with Crippen molar-refractivity contribution in [2.75, 3.05) is 13.2 Å². The molecule has 0 bridgehead atoms. The SMILES string of the molecule is CC(C)(C)OC(=O)NCCOc1ccccc1CN. The molecule has 19 heavy (non-hydrogen) atoms. The third-order valence-corrected chi connectivity index (χ3v) is 2.22. The quantitative estimate of drug-likeness (QED) is 0.800. The molecule has 0 aromatic heterocycles. The van der Waals surface area contributed by atoms with Crippen molar-refractivity contribution in [2.45, 2.75) is 32.9 Å². The fraction of sp³-hybridized carbons (Fsp3) is 0.500. The Bertz CT molecular complexity index is 413. The first-order valence-electron chi connectivity index (χ1n) is 6.30. The van der Waals surface area contributed by atoms with Crippen LogP contribution in [0.15, 0.2) is 24.3 Å². The summed E-state index contributed by atoms with van der Waals surface area (Å²) in [6, 6.07) is 7.57. The van der Waals surface area contributed by atoms with Crippen molar-refractivity contribution in [3.8, 4) is 5.75 Å². The Kier molecular flexibility index (Phi) is 5.63. The number of ether oxygens (including phenoxy) is 2. The molecule has 1 aromatic carbocycles. The molecule has 106 valence electrons. The molecule has 0 aliphatic carbocycles. The van der Waals surface area contributed by atoms with Crippen molar-refractivity contribution >= 4 is 6.09 Å². The fourth-order valence-electron chi connectivity index (χ4n) is 1.44. The predicted octanol–water partition coefficient (Wildman–Crippen LogP) is 2.05. The van der Waals surface area contributed by atoms with Gasteiger partial charge in [0.1, 0.15) is 18.0 Å². The van der Waals surface area contributed by atoms with E-state index in [-0.39, 0.29) is 0 Å². The minimum Gasteiger partial charge on any atom is -0.491 e. The van der Waals surface area contributed by atoms with Gasteiger partial charge in [-0.3, -0.25) is 0 Å². The number of para-hydroxylation sites is 1. The van der Waals surface area contributed by atoms with Crippen molar-refractivity contribution in [3.05, 3.63) is 29.8 Å². The van der Waals surface area contributed by atoms with E-state index >= 15 is 0 Å². The summed E-state index contributed by atoms with van der Waals surface area (Å²) in [5, 5.41) is 2.63. The van der Waals surface area contributed by atoms with Gasteiger partial charge in [-0.15, -0.1) is 0 Å². The summed E-state index contributed by atoms with van der Waals surface area (Å²) >= 11 is 0. The van der Waals surface area contributed by atoms with Crippen molar-refractivity contribution in [1.82, 2.24) is 5.32 Å². The molecule has 0 atom stereocenters. The normalized spacial score (nSPS) is 10.9. The van der Waals surface area contributed by atoms with E-state index < -0.39 is 11.7 Å². The van der Waals surface area contributed by atoms with Gasteiger partial charge in [0.15, 0.2) is 0 Å². The Balaban J connectivity index is 2.29. The number of carbonyl (C=O) groups excluding carboxylic acids is 1. The van der Waals surface area contributed by atoms with E-state index in [1.54, 1.807) is 0 Å². The number of hydrogen-bond donors (Lipinski definition) is 2. The molecule has 3 N–H and O–H groups in total. The first-order valence-corrected chi connectivity index (χ1v) is 6.30. The van der Waals surface area contributed by atoms with Crippen LogP contribution >= 0.6 is 0 Å². The average molecular weight is 266 g/mol. The van der Waals surface area contributed by atoms with Gasteiger partial charge in [0.2, 0.25) is 0 Å². The summed E-state index contributed by atoms with van der Waals surface area (Å²) in [5.41, 5.74) is 6.06. The van der Waals surface area contributed by atoms with Crippen LogP contribution in [0, 0.1) is 0 Å². The van der Waals surface area contributed by atoms with Gasteiger partial charge in [-0.2, -0.15) is 0 Å². The van der Waals surface area contributed by atoms with Gasteiger partial charge < -0.3 is 20.5 Å². The van der Waals surface area contributed by atoms with Gasteiger partial charge >= 0.3 is 6.09 Å².